The molecule has 0 bridgehead atoms. The summed E-state index contributed by atoms with van der Waals surface area (Å²) in [4.78, 5) is 128. The maximum absolute atomic E-state index is 14.4. The number of nitrogens with one attached hydrogen (secondary N) is 6. The summed E-state index contributed by atoms with van der Waals surface area (Å²) in [6, 6.07) is 0. The molecule has 9 amide bonds. The van der Waals surface area contributed by atoms with Crippen LogP contribution in [0.5, 0.6) is 0 Å². The molecule has 0 heterocycles. The third-order valence-electron chi connectivity index (χ3n) is 14.8. The summed E-state index contributed by atoms with van der Waals surface area (Å²) in [6.45, 7) is -6.15. The molecule has 42 heteroatoms. The van der Waals surface area contributed by atoms with Gasteiger partial charge in [0.25, 0.3) is 53.2 Å². The Morgan fingerprint density at radius 1 is 0.330 bits per heavy atom. The zero-order valence-electron chi connectivity index (χ0n) is 53.1. The molecule has 0 spiro atoms. The van der Waals surface area contributed by atoms with Crippen molar-refractivity contribution in [3.05, 3.63) is 65.5 Å². The van der Waals surface area contributed by atoms with Gasteiger partial charge >= 0.3 is 0 Å². The van der Waals surface area contributed by atoms with Gasteiger partial charge in [-0.3, -0.25) is 43.2 Å². The van der Waals surface area contributed by atoms with Crippen molar-refractivity contribution in [2.45, 2.75) is 93.5 Å². The molecule has 0 saturated carbocycles. The van der Waals surface area contributed by atoms with E-state index in [-0.39, 0.29) is 147 Å². The minimum atomic E-state index is -2.15. The average Bonchev–Trinajstić information content (AvgIpc) is 0.778. The molecule has 0 aliphatic rings. The van der Waals surface area contributed by atoms with E-state index in [2.05, 4.69) is 31.9 Å². The van der Waals surface area contributed by atoms with Gasteiger partial charge in [-0.05, 0) is 248 Å². The number of aliphatic hydroxyl groups is 15. The molecule has 0 aromatic heterocycles. The van der Waals surface area contributed by atoms with E-state index in [9.17, 15) is 120 Å². The standard InChI is InChI=1S/C58H76I9N9O24/c1-74(13-23(83)16-77)56(98)32-35(59)29(38(62)44(41(32)65)71-53(95)47(89)26(86)19-80)50(92)68-10-4-7-22(8-5-11-69-51(93)30-36(60)33(57(99)75(2)14-24(84)17-78)42(66)45(39(30)63)72-54(96)48(90)27(87)20-81)9-6-12-70-52(94)31-37(61)34(58(100)76(3)15-25(85)18-79)43(67)46(40(31)64)73-55(97)49(91)28(88)21-82/h22-28,47-49,77-91H,4-21H2,1-3H3,(H,68,92)(H,69,93)(H,70,94)(H,71,95)(H,72,96)(H,73,97). The third kappa shape index (κ3) is 25.2. The Morgan fingerprint density at radius 3 is 0.740 bits per heavy atom. The van der Waals surface area contributed by atoms with Gasteiger partial charge in [0.15, 0.2) is 18.3 Å². The molecule has 9 unspecified atom stereocenters. The number of aliphatic hydroxyl groups excluding tert-OH is 15. The minimum absolute atomic E-state index is 0.0165. The average molecular weight is 2430 g/mol. The van der Waals surface area contributed by atoms with Crippen LogP contribution in [0.15, 0.2) is 0 Å². The van der Waals surface area contributed by atoms with Crippen LogP contribution < -0.4 is 31.9 Å². The van der Waals surface area contributed by atoms with Gasteiger partial charge in [0, 0.05) is 71.1 Å². The van der Waals surface area contributed by atoms with Crippen LogP contribution in [0.1, 0.15) is 101 Å². The van der Waals surface area contributed by atoms with Crippen LogP contribution in [0.3, 0.4) is 0 Å². The number of amides is 9. The van der Waals surface area contributed by atoms with E-state index in [0.29, 0.717) is 19.3 Å². The van der Waals surface area contributed by atoms with Crippen molar-refractivity contribution in [3.63, 3.8) is 0 Å². The van der Waals surface area contributed by atoms with E-state index in [0.717, 1.165) is 14.7 Å². The number of carbonyl (C=O) groups is 9. The van der Waals surface area contributed by atoms with Crippen LogP contribution in [-0.4, -0.2) is 299 Å². The van der Waals surface area contributed by atoms with E-state index in [1.807, 2.05) is 0 Å². The van der Waals surface area contributed by atoms with E-state index >= 15 is 0 Å². The first-order chi connectivity index (χ1) is 46.9. The fourth-order valence-electron chi connectivity index (χ4n) is 9.32. The maximum Gasteiger partial charge on any atom is 0.256 e. The number of nitrogens with zero attached hydrogens (tertiary/aromatic N) is 3. The van der Waals surface area contributed by atoms with Gasteiger partial charge in [-0.1, -0.05) is 0 Å². The summed E-state index contributed by atoms with van der Waals surface area (Å²) < 4.78 is 0.889. The molecule has 9 atom stereocenters. The largest absolute Gasteiger partial charge is 0.394 e. The fourth-order valence-corrected chi connectivity index (χ4v) is 22.5. The Hall–Kier alpha value is -1.14. The highest BCUT2D eigenvalue weighted by Gasteiger charge is 2.37. The Balaban J connectivity index is 2.12. The second-order valence-corrected chi connectivity index (χ2v) is 32.1. The molecule has 0 aliphatic carbocycles. The maximum atomic E-state index is 14.4. The van der Waals surface area contributed by atoms with Crippen LogP contribution >= 0.6 is 203 Å². The van der Waals surface area contributed by atoms with E-state index in [1.165, 1.54) is 21.1 Å². The first-order valence-electron chi connectivity index (χ1n) is 29.8. The monoisotopic (exact) mass is 2420 g/mol. The van der Waals surface area contributed by atoms with Crippen molar-refractivity contribution >= 4 is 274 Å². The highest BCUT2D eigenvalue weighted by Crippen LogP contribution is 2.40. The summed E-state index contributed by atoms with van der Waals surface area (Å²) in [5, 5.41) is 165. The van der Waals surface area contributed by atoms with Gasteiger partial charge in [-0.15, -0.1) is 0 Å². The number of likely N-dealkylation sites (N-methyl/N-ethyl adjacent to an activating group) is 3. The quantitative estimate of drug-likeness (QED) is 0.0238. The lowest BCUT2D eigenvalue weighted by Gasteiger charge is -2.25. The Labute approximate surface area is 695 Å². The van der Waals surface area contributed by atoms with E-state index in [4.69, 9.17) is 0 Å². The van der Waals surface area contributed by atoms with Crippen molar-refractivity contribution in [1.29, 1.82) is 0 Å². The number of carbonyl (C=O) groups excluding carboxylic acids is 9. The summed E-state index contributed by atoms with van der Waals surface area (Å²) in [5.41, 5.74) is -0.971. The van der Waals surface area contributed by atoms with Crippen molar-refractivity contribution in [2.24, 2.45) is 5.92 Å². The molecule has 33 nitrogen and oxygen atoms in total. The highest BCUT2D eigenvalue weighted by molar-refractivity contribution is 14.1. The first-order valence-corrected chi connectivity index (χ1v) is 39.5. The number of hydrogen-bond acceptors (Lipinski definition) is 24. The van der Waals surface area contributed by atoms with Crippen molar-refractivity contribution in [1.82, 2.24) is 30.7 Å². The topological polar surface area (TPSA) is 539 Å². The van der Waals surface area contributed by atoms with E-state index < -0.39 is 148 Å². The molecular weight excluding hydrogens is 2350 g/mol. The summed E-state index contributed by atoms with van der Waals surface area (Å²) >= 11 is 15.9. The molecule has 0 aliphatic heterocycles. The summed E-state index contributed by atoms with van der Waals surface area (Å²) in [6.07, 6.45) is -14.3. The second kappa shape index (κ2) is 45.0. The SMILES string of the molecule is CN(CC(O)CO)C(=O)c1c(I)c(NC(=O)C(O)C(O)CO)c(I)c(C(=O)NCCCC(CCCNC(=O)c2c(I)c(NC(=O)C(O)C(O)CO)c(I)c(C(=O)N(C)CC(O)CO)c2I)CCCNC(=O)c2c(I)c(NC(=O)C(O)C(O)CO)c(I)c(C(=O)N(C)CC(O)CO)c2I)c1I. The van der Waals surface area contributed by atoms with Gasteiger partial charge in [0.1, 0.15) is 18.3 Å². The minimum Gasteiger partial charge on any atom is -0.394 e. The van der Waals surface area contributed by atoms with Gasteiger partial charge < -0.3 is 123 Å². The number of rotatable bonds is 39. The number of benzene rings is 3. The van der Waals surface area contributed by atoms with E-state index in [1.54, 1.807) is 203 Å². The predicted octanol–water partition coefficient (Wildman–Crippen LogP) is -1.09. The normalized spacial score (nSPS) is 14.4. The van der Waals surface area contributed by atoms with Gasteiger partial charge in [0.2, 0.25) is 0 Å². The van der Waals surface area contributed by atoms with Gasteiger partial charge in [0.05, 0.1) is 130 Å². The lowest BCUT2D eigenvalue weighted by Crippen LogP contribution is -2.41. The zero-order valence-corrected chi connectivity index (χ0v) is 72.5. The van der Waals surface area contributed by atoms with Crippen LogP contribution in [0.25, 0.3) is 0 Å². The predicted molar refractivity (Wildman–Crippen MR) is 435 cm³/mol. The summed E-state index contributed by atoms with van der Waals surface area (Å²) in [7, 11) is 3.99. The molecule has 3 rings (SSSR count). The lowest BCUT2D eigenvalue weighted by atomic mass is 9.92. The molecular formula is C58H76I9N9O24. The first kappa shape index (κ1) is 93.1. The van der Waals surface area contributed by atoms with Gasteiger partial charge in [-0.2, -0.15) is 0 Å². The molecule has 0 saturated heterocycles. The van der Waals surface area contributed by atoms with Crippen LogP contribution in [0.2, 0.25) is 0 Å². The highest BCUT2D eigenvalue weighted by atomic mass is 127. The van der Waals surface area contributed by atoms with Gasteiger partial charge in [-0.25, -0.2) is 0 Å². The molecule has 3 aromatic carbocycles. The fraction of sp³-hybridized carbons (Fsp3) is 0.534. The van der Waals surface area contributed by atoms with Crippen molar-refractivity contribution in [3.8, 4) is 0 Å². The number of anilines is 3. The summed E-state index contributed by atoms with van der Waals surface area (Å²) in [5.74, 6) is -8.24. The van der Waals surface area contributed by atoms with Crippen LogP contribution in [0.4, 0.5) is 17.1 Å². The van der Waals surface area contributed by atoms with Crippen LogP contribution in [-0.2, 0) is 14.4 Å². The van der Waals surface area contributed by atoms with Crippen molar-refractivity contribution in [2.75, 3.05) is 116 Å². The molecule has 21 N–H and O–H groups in total. The second-order valence-electron chi connectivity index (χ2n) is 22.4. The third-order valence-corrected chi connectivity index (χ3v) is 24.5. The zero-order chi connectivity index (χ0) is 76.1. The Morgan fingerprint density at radius 2 is 0.540 bits per heavy atom. The smallest absolute Gasteiger partial charge is 0.256 e. The molecule has 100 heavy (non-hydrogen) atoms. The van der Waals surface area contributed by atoms with Crippen LogP contribution in [0, 0.1) is 38.0 Å². The Bertz CT molecular complexity index is 3100. The number of hydrogen-bond donors (Lipinski definition) is 21. The van der Waals surface area contributed by atoms with Crippen molar-refractivity contribution < 1.29 is 120 Å². The molecule has 0 fully saturated rings. The number of halogens is 9. The lowest BCUT2D eigenvalue weighted by molar-refractivity contribution is -0.131. The molecule has 3 aromatic rings. The Kier molecular flexibility index (Phi) is 41.9. The molecule has 0 radical (unpaired) electrons. The molecule has 560 valence electrons.